The van der Waals surface area contributed by atoms with E-state index in [1.54, 1.807) is 36.4 Å². The van der Waals surface area contributed by atoms with Crippen molar-refractivity contribution >= 4 is 23.4 Å². The summed E-state index contributed by atoms with van der Waals surface area (Å²) >= 11 is 0. The van der Waals surface area contributed by atoms with Crippen molar-refractivity contribution in [1.82, 2.24) is 4.90 Å². The van der Waals surface area contributed by atoms with Gasteiger partial charge in [-0.25, -0.2) is 0 Å². The number of likely N-dealkylation sites (tertiary alicyclic amines) is 1. The Labute approximate surface area is 180 Å². The first-order valence-corrected chi connectivity index (χ1v) is 10.1. The molecule has 1 heterocycles. The van der Waals surface area contributed by atoms with Crippen LogP contribution in [0.4, 0.5) is 0 Å². The molecule has 0 aliphatic carbocycles. The number of carboxylic acid groups (broad SMARTS) is 1. The Kier molecular flexibility index (Phi) is 7.07. The number of hydrogen-bond acceptors (Lipinski definition) is 6. The number of aliphatic hydroxyl groups is 1. The van der Waals surface area contributed by atoms with Crippen molar-refractivity contribution in [2.75, 3.05) is 13.7 Å². The lowest BCUT2D eigenvalue weighted by Crippen LogP contribution is -2.30. The number of unbranched alkanes of at least 4 members (excludes halogenated alkanes) is 2. The average molecular weight is 422 g/mol. The standard InChI is InChI=1S/C24H25NO6/c1-31-18-13-11-17(12-14-18)22(28)20-21(16-8-4-2-5-9-16)25(24(30)23(20)29)15-7-3-6-10-19(26)27/h2,4-5,8-9,11-14,21,28H,3,6-7,10,15H2,1H3,(H,26,27)/p-1/t21-/m1/s1. The lowest BCUT2D eigenvalue weighted by atomic mass is 9.95. The molecule has 1 fully saturated rings. The second-order valence-electron chi connectivity index (χ2n) is 7.31. The maximum atomic E-state index is 12.9. The van der Waals surface area contributed by atoms with Gasteiger partial charge in [-0.2, -0.15) is 0 Å². The van der Waals surface area contributed by atoms with E-state index in [4.69, 9.17) is 4.74 Å². The SMILES string of the molecule is COc1ccc(C(O)=C2C(=O)C(=O)N(CCCCCC(=O)[O-])[C@@H]2c2ccccc2)cc1. The molecule has 0 aromatic heterocycles. The van der Waals surface area contributed by atoms with E-state index in [1.165, 1.54) is 12.0 Å². The van der Waals surface area contributed by atoms with Gasteiger partial charge in [0, 0.05) is 18.1 Å². The molecule has 2 aromatic rings. The number of nitrogens with zero attached hydrogens (tertiary/aromatic N) is 1. The number of aliphatic carboxylic acids is 1. The third-order valence-electron chi connectivity index (χ3n) is 5.30. The summed E-state index contributed by atoms with van der Waals surface area (Å²) in [6.07, 6.45) is 1.51. The van der Waals surface area contributed by atoms with E-state index in [-0.39, 0.29) is 24.3 Å². The van der Waals surface area contributed by atoms with Gasteiger partial charge in [-0.3, -0.25) is 9.59 Å². The highest BCUT2D eigenvalue weighted by Crippen LogP contribution is 2.39. The molecule has 7 nitrogen and oxygen atoms in total. The van der Waals surface area contributed by atoms with E-state index in [9.17, 15) is 24.6 Å². The number of methoxy groups -OCH3 is 1. The van der Waals surface area contributed by atoms with E-state index >= 15 is 0 Å². The molecule has 7 heteroatoms. The molecular weight excluding hydrogens is 398 g/mol. The van der Waals surface area contributed by atoms with Crippen molar-refractivity contribution in [3.05, 3.63) is 71.3 Å². The Bertz CT molecular complexity index is 981. The summed E-state index contributed by atoms with van der Waals surface area (Å²) in [6.45, 7) is 0.274. The number of rotatable bonds is 9. The normalized spacial score (nSPS) is 17.7. The number of amides is 1. The number of carboxylic acids is 1. The Morgan fingerprint density at radius 3 is 2.32 bits per heavy atom. The van der Waals surface area contributed by atoms with Crippen molar-refractivity contribution in [3.63, 3.8) is 0 Å². The number of benzene rings is 2. The minimum atomic E-state index is -1.11. The minimum absolute atomic E-state index is 0.0381. The average Bonchev–Trinajstić information content (AvgIpc) is 3.03. The summed E-state index contributed by atoms with van der Waals surface area (Å²) in [5, 5.41) is 21.5. The highest BCUT2D eigenvalue weighted by atomic mass is 16.5. The summed E-state index contributed by atoms with van der Waals surface area (Å²) in [4.78, 5) is 37.7. The van der Waals surface area contributed by atoms with Gasteiger partial charge in [0.1, 0.15) is 11.5 Å². The summed E-state index contributed by atoms with van der Waals surface area (Å²) in [5.41, 5.74) is 1.16. The number of carbonyl (C=O) groups is 3. The van der Waals surface area contributed by atoms with Gasteiger partial charge >= 0.3 is 0 Å². The second-order valence-corrected chi connectivity index (χ2v) is 7.31. The fraction of sp³-hybridized carbons (Fsp3) is 0.292. The van der Waals surface area contributed by atoms with E-state index in [0.717, 1.165) is 0 Å². The Morgan fingerprint density at radius 1 is 1.03 bits per heavy atom. The van der Waals surface area contributed by atoms with Crippen LogP contribution in [0.15, 0.2) is 60.2 Å². The topological polar surface area (TPSA) is 107 Å². The lowest BCUT2D eigenvalue weighted by molar-refractivity contribution is -0.305. The molecule has 162 valence electrons. The fourth-order valence-electron chi connectivity index (χ4n) is 3.73. The highest BCUT2D eigenvalue weighted by Gasteiger charge is 2.45. The molecule has 0 bridgehead atoms. The largest absolute Gasteiger partial charge is 0.550 e. The Balaban J connectivity index is 1.94. The minimum Gasteiger partial charge on any atom is -0.550 e. The Morgan fingerprint density at radius 2 is 1.71 bits per heavy atom. The molecule has 31 heavy (non-hydrogen) atoms. The Hall–Kier alpha value is -3.61. The van der Waals surface area contributed by atoms with Gasteiger partial charge in [-0.15, -0.1) is 0 Å². The first-order valence-electron chi connectivity index (χ1n) is 10.1. The highest BCUT2D eigenvalue weighted by molar-refractivity contribution is 6.46. The maximum absolute atomic E-state index is 12.9. The lowest BCUT2D eigenvalue weighted by Gasteiger charge is -2.25. The number of carbonyl (C=O) groups excluding carboxylic acids is 3. The molecule has 1 aliphatic heterocycles. The predicted molar refractivity (Wildman–Crippen MR) is 112 cm³/mol. The summed E-state index contributed by atoms with van der Waals surface area (Å²) in [7, 11) is 1.53. The van der Waals surface area contributed by atoms with E-state index in [2.05, 4.69) is 0 Å². The van der Waals surface area contributed by atoms with Crippen LogP contribution in [0.1, 0.15) is 42.9 Å². The molecule has 1 saturated heterocycles. The molecule has 1 aliphatic rings. The molecule has 3 rings (SSSR count). The van der Waals surface area contributed by atoms with Crippen LogP contribution in [0.3, 0.4) is 0 Å². The van der Waals surface area contributed by atoms with Gasteiger partial charge in [0.2, 0.25) is 0 Å². The molecule has 0 spiro atoms. The number of ketones is 1. The van der Waals surface area contributed by atoms with Gasteiger partial charge in [-0.1, -0.05) is 36.8 Å². The summed E-state index contributed by atoms with van der Waals surface area (Å²) in [5.74, 6) is -2.16. The van der Waals surface area contributed by atoms with Crippen LogP contribution >= 0.6 is 0 Å². The zero-order valence-corrected chi connectivity index (χ0v) is 17.2. The third kappa shape index (κ3) is 4.94. The third-order valence-corrected chi connectivity index (χ3v) is 5.30. The van der Waals surface area contributed by atoms with Gasteiger partial charge in [-0.05, 0) is 49.1 Å². The van der Waals surface area contributed by atoms with Gasteiger partial charge in [0.15, 0.2) is 0 Å². The van der Waals surface area contributed by atoms with Crippen molar-refractivity contribution < 1.29 is 29.3 Å². The van der Waals surface area contributed by atoms with Crippen LogP contribution in [-0.4, -0.2) is 41.3 Å². The molecule has 2 aromatic carbocycles. The van der Waals surface area contributed by atoms with Crippen molar-refractivity contribution in [3.8, 4) is 5.75 Å². The number of hydrogen-bond donors (Lipinski definition) is 1. The van der Waals surface area contributed by atoms with Crippen molar-refractivity contribution in [1.29, 1.82) is 0 Å². The van der Waals surface area contributed by atoms with Crippen molar-refractivity contribution in [2.45, 2.75) is 31.7 Å². The molecule has 1 N–H and O–H groups in total. The van der Waals surface area contributed by atoms with Crippen LogP contribution in [0.25, 0.3) is 5.76 Å². The first kappa shape index (κ1) is 22.1. The molecule has 1 atom stereocenters. The molecule has 0 saturated carbocycles. The predicted octanol–water partition coefficient (Wildman–Crippen LogP) is 2.43. The second kappa shape index (κ2) is 9.93. The van der Waals surface area contributed by atoms with Crippen molar-refractivity contribution in [2.24, 2.45) is 0 Å². The molecule has 0 unspecified atom stereocenters. The van der Waals surface area contributed by atoms with Crippen LogP contribution < -0.4 is 9.84 Å². The van der Waals surface area contributed by atoms with Gasteiger partial charge in [0.25, 0.3) is 11.7 Å². The number of Topliss-reactive ketones (excluding diaryl/α,β-unsaturated/α-hetero) is 1. The zero-order valence-electron chi connectivity index (χ0n) is 17.2. The monoisotopic (exact) mass is 422 g/mol. The quantitative estimate of drug-likeness (QED) is 0.288. The van der Waals surface area contributed by atoms with Gasteiger partial charge < -0.3 is 24.6 Å². The van der Waals surface area contributed by atoms with E-state index in [1.807, 2.05) is 18.2 Å². The van der Waals surface area contributed by atoms with Crippen LogP contribution in [0.5, 0.6) is 5.75 Å². The van der Waals surface area contributed by atoms with Crippen LogP contribution in [0, 0.1) is 0 Å². The molecule has 0 radical (unpaired) electrons. The first-order chi connectivity index (χ1) is 14.9. The maximum Gasteiger partial charge on any atom is 0.295 e. The smallest absolute Gasteiger partial charge is 0.295 e. The molecular formula is C24H24NO6-. The molecule has 1 amide bonds. The van der Waals surface area contributed by atoms with Gasteiger partial charge in [0.05, 0.1) is 18.7 Å². The van der Waals surface area contributed by atoms with Crippen LogP contribution in [-0.2, 0) is 14.4 Å². The summed E-state index contributed by atoms with van der Waals surface area (Å²) < 4.78 is 5.13. The van der Waals surface area contributed by atoms with E-state index in [0.29, 0.717) is 36.1 Å². The summed E-state index contributed by atoms with van der Waals surface area (Å²) in [6, 6.07) is 14.9. The number of aliphatic hydroxyl groups excluding tert-OH is 1. The number of ether oxygens (including phenoxy) is 1. The van der Waals surface area contributed by atoms with Crippen LogP contribution in [0.2, 0.25) is 0 Å². The zero-order chi connectivity index (χ0) is 22.4. The van der Waals surface area contributed by atoms with E-state index < -0.39 is 23.7 Å². The fourth-order valence-corrected chi connectivity index (χ4v) is 3.73.